The van der Waals surface area contributed by atoms with Gasteiger partial charge in [-0.3, -0.25) is 4.79 Å². The minimum Gasteiger partial charge on any atom is -0.465 e. The number of hydrogen-bond acceptors (Lipinski definition) is 2. The second-order valence-corrected chi connectivity index (χ2v) is 5.58. The Balaban J connectivity index is 1.75. The first kappa shape index (κ1) is 12.7. The zero-order valence-electron chi connectivity index (χ0n) is 11.1. The smallest absolute Gasteiger partial charge is 0.309 e. The summed E-state index contributed by atoms with van der Waals surface area (Å²) in [4.78, 5) is 11.9. The van der Waals surface area contributed by atoms with Gasteiger partial charge < -0.3 is 4.74 Å². The van der Waals surface area contributed by atoms with Crippen LogP contribution in [0.1, 0.15) is 52.4 Å². The fourth-order valence-electron chi connectivity index (χ4n) is 3.02. The Kier molecular flexibility index (Phi) is 3.90. The standard InChI is InChI=1S/C15H24O2/c1-3-15(4-2)10-13(15)14(16)17-11-12-8-6-5-7-9-12/h6,8,12-13H,3-5,7,9-11H2,1-2H3. The molecule has 0 saturated heterocycles. The van der Waals surface area contributed by atoms with Gasteiger partial charge in [0.15, 0.2) is 0 Å². The molecule has 2 nitrogen and oxygen atoms in total. The first-order valence-electron chi connectivity index (χ1n) is 7.05. The topological polar surface area (TPSA) is 26.3 Å². The van der Waals surface area contributed by atoms with Crippen LogP contribution in [0, 0.1) is 17.3 Å². The summed E-state index contributed by atoms with van der Waals surface area (Å²) in [6.45, 7) is 4.96. The molecule has 2 atom stereocenters. The third-order valence-corrected chi connectivity index (χ3v) is 4.68. The van der Waals surface area contributed by atoms with Gasteiger partial charge in [-0.25, -0.2) is 0 Å². The normalized spacial score (nSPS) is 30.0. The molecule has 0 N–H and O–H groups in total. The van der Waals surface area contributed by atoms with Gasteiger partial charge in [0.25, 0.3) is 0 Å². The van der Waals surface area contributed by atoms with Gasteiger partial charge in [0.2, 0.25) is 0 Å². The zero-order valence-corrected chi connectivity index (χ0v) is 11.1. The van der Waals surface area contributed by atoms with E-state index >= 15 is 0 Å². The molecule has 0 aromatic carbocycles. The highest BCUT2D eigenvalue weighted by Gasteiger charge is 2.56. The minimum absolute atomic E-state index is 0.0488. The Labute approximate surface area is 104 Å². The molecule has 0 aromatic heterocycles. The predicted octanol–water partition coefficient (Wildman–Crippen LogP) is 3.71. The summed E-state index contributed by atoms with van der Waals surface area (Å²) in [7, 11) is 0. The van der Waals surface area contributed by atoms with Gasteiger partial charge in [-0.2, -0.15) is 0 Å². The van der Waals surface area contributed by atoms with E-state index in [0.29, 0.717) is 12.5 Å². The minimum atomic E-state index is 0.0488. The first-order valence-corrected chi connectivity index (χ1v) is 7.05. The van der Waals surface area contributed by atoms with Crippen LogP contribution in [0.25, 0.3) is 0 Å². The van der Waals surface area contributed by atoms with Crippen LogP contribution in [0.15, 0.2) is 12.2 Å². The van der Waals surface area contributed by atoms with Crippen LogP contribution in [0.3, 0.4) is 0 Å². The molecule has 2 rings (SSSR count). The Bertz CT molecular complexity index is 302. The average Bonchev–Trinajstić information content (AvgIpc) is 3.13. The molecule has 0 heterocycles. The lowest BCUT2D eigenvalue weighted by molar-refractivity contribution is -0.147. The van der Waals surface area contributed by atoms with Crippen LogP contribution in [-0.2, 0) is 9.53 Å². The van der Waals surface area contributed by atoms with Gasteiger partial charge in [-0.1, -0.05) is 26.0 Å². The summed E-state index contributed by atoms with van der Waals surface area (Å²) in [5, 5.41) is 0. The van der Waals surface area contributed by atoms with Crippen LogP contribution in [-0.4, -0.2) is 12.6 Å². The zero-order chi connectivity index (χ0) is 12.3. The molecule has 0 bridgehead atoms. The number of esters is 1. The maximum Gasteiger partial charge on any atom is 0.309 e. The summed E-state index contributed by atoms with van der Waals surface area (Å²) >= 11 is 0. The van der Waals surface area contributed by atoms with Crippen molar-refractivity contribution < 1.29 is 9.53 Å². The van der Waals surface area contributed by atoms with E-state index < -0.39 is 0 Å². The Morgan fingerprint density at radius 2 is 2.18 bits per heavy atom. The van der Waals surface area contributed by atoms with E-state index in [0.717, 1.165) is 19.3 Å². The van der Waals surface area contributed by atoms with Crippen molar-refractivity contribution in [1.29, 1.82) is 0 Å². The van der Waals surface area contributed by atoms with Crippen molar-refractivity contribution in [2.75, 3.05) is 6.61 Å². The first-order chi connectivity index (χ1) is 8.22. The lowest BCUT2D eigenvalue weighted by atomic mass is 9.96. The van der Waals surface area contributed by atoms with Crippen molar-refractivity contribution in [2.45, 2.75) is 52.4 Å². The fourth-order valence-corrected chi connectivity index (χ4v) is 3.02. The molecule has 2 unspecified atom stereocenters. The molecule has 0 radical (unpaired) electrons. The van der Waals surface area contributed by atoms with Gasteiger partial charge in [-0.15, -0.1) is 0 Å². The van der Waals surface area contributed by atoms with Gasteiger partial charge in [-0.05, 0) is 43.9 Å². The van der Waals surface area contributed by atoms with E-state index in [4.69, 9.17) is 4.74 Å². The van der Waals surface area contributed by atoms with Gasteiger partial charge in [0.05, 0.1) is 12.5 Å². The molecule has 96 valence electrons. The molecule has 1 saturated carbocycles. The van der Waals surface area contributed by atoms with Crippen molar-refractivity contribution in [1.82, 2.24) is 0 Å². The van der Waals surface area contributed by atoms with E-state index in [-0.39, 0.29) is 17.3 Å². The predicted molar refractivity (Wildman–Crippen MR) is 68.6 cm³/mol. The number of hydrogen-bond donors (Lipinski definition) is 0. The second kappa shape index (κ2) is 5.24. The molecule has 0 spiro atoms. The third-order valence-electron chi connectivity index (χ3n) is 4.68. The number of rotatable bonds is 5. The maximum absolute atomic E-state index is 11.9. The number of allylic oxidation sites excluding steroid dienone is 1. The Morgan fingerprint density at radius 1 is 1.41 bits per heavy atom. The number of carbonyl (C=O) groups excluding carboxylic acids is 1. The lowest BCUT2D eigenvalue weighted by Gasteiger charge is -2.17. The molecule has 1 fully saturated rings. The maximum atomic E-state index is 11.9. The van der Waals surface area contributed by atoms with Crippen molar-refractivity contribution in [2.24, 2.45) is 17.3 Å². The van der Waals surface area contributed by atoms with Gasteiger partial charge in [0.1, 0.15) is 0 Å². The molecular weight excluding hydrogens is 212 g/mol. The summed E-state index contributed by atoms with van der Waals surface area (Å²) in [5.41, 5.74) is 0.277. The van der Waals surface area contributed by atoms with E-state index in [1.54, 1.807) is 0 Å². The molecule has 2 heteroatoms. The highest BCUT2D eigenvalue weighted by Crippen LogP contribution is 2.58. The number of carbonyl (C=O) groups is 1. The van der Waals surface area contributed by atoms with Crippen molar-refractivity contribution >= 4 is 5.97 Å². The van der Waals surface area contributed by atoms with E-state index in [9.17, 15) is 4.79 Å². The van der Waals surface area contributed by atoms with E-state index in [1.807, 2.05) is 0 Å². The van der Waals surface area contributed by atoms with Crippen LogP contribution in [0.2, 0.25) is 0 Å². The van der Waals surface area contributed by atoms with Gasteiger partial charge in [0, 0.05) is 5.92 Å². The average molecular weight is 236 g/mol. The largest absolute Gasteiger partial charge is 0.465 e. The highest BCUT2D eigenvalue weighted by atomic mass is 16.5. The van der Waals surface area contributed by atoms with Crippen molar-refractivity contribution in [3.63, 3.8) is 0 Å². The van der Waals surface area contributed by atoms with Crippen molar-refractivity contribution in [3.05, 3.63) is 12.2 Å². The van der Waals surface area contributed by atoms with E-state index in [1.165, 1.54) is 19.3 Å². The van der Waals surface area contributed by atoms with Crippen LogP contribution in [0.5, 0.6) is 0 Å². The van der Waals surface area contributed by atoms with Crippen molar-refractivity contribution in [3.8, 4) is 0 Å². The SMILES string of the molecule is CCC1(CC)CC1C(=O)OCC1C=CCCC1. The van der Waals surface area contributed by atoms with E-state index in [2.05, 4.69) is 26.0 Å². The van der Waals surface area contributed by atoms with Crippen LogP contribution >= 0.6 is 0 Å². The summed E-state index contributed by atoms with van der Waals surface area (Å²) in [5.74, 6) is 0.696. The molecule has 2 aliphatic carbocycles. The van der Waals surface area contributed by atoms with Gasteiger partial charge >= 0.3 is 5.97 Å². The summed E-state index contributed by atoms with van der Waals surface area (Å²) < 4.78 is 5.47. The third kappa shape index (κ3) is 2.72. The molecular formula is C15H24O2. The molecule has 0 aromatic rings. The van der Waals surface area contributed by atoms with Crippen LogP contribution < -0.4 is 0 Å². The molecule has 0 amide bonds. The molecule has 17 heavy (non-hydrogen) atoms. The highest BCUT2D eigenvalue weighted by molar-refractivity contribution is 5.76. The summed E-state index contributed by atoms with van der Waals surface area (Å²) in [6.07, 6.45) is 11.2. The monoisotopic (exact) mass is 236 g/mol. The lowest BCUT2D eigenvalue weighted by Crippen LogP contribution is -2.18. The number of ether oxygens (including phenoxy) is 1. The Morgan fingerprint density at radius 3 is 2.71 bits per heavy atom. The fraction of sp³-hybridized carbons (Fsp3) is 0.800. The quantitative estimate of drug-likeness (QED) is 0.537. The molecule has 2 aliphatic rings. The summed E-state index contributed by atoms with van der Waals surface area (Å²) in [6, 6.07) is 0. The second-order valence-electron chi connectivity index (χ2n) is 5.58. The molecule has 0 aliphatic heterocycles. The van der Waals surface area contributed by atoms with Crippen LogP contribution in [0.4, 0.5) is 0 Å². The Hall–Kier alpha value is -0.790.